The molecule has 2 aliphatic rings. The molecule has 0 unspecified atom stereocenters. The molecule has 0 atom stereocenters. The van der Waals surface area contributed by atoms with E-state index in [0.29, 0.717) is 0 Å². The highest BCUT2D eigenvalue weighted by molar-refractivity contribution is 4.74. The molecule has 112 valence electrons. The molecule has 4 nitrogen and oxygen atoms in total. The molecule has 4 heteroatoms. The van der Waals surface area contributed by atoms with Crippen LogP contribution in [0.15, 0.2) is 0 Å². The van der Waals surface area contributed by atoms with Crippen molar-refractivity contribution in [3.63, 3.8) is 0 Å². The lowest BCUT2D eigenvalue weighted by Crippen LogP contribution is -2.47. The second kappa shape index (κ2) is 8.20. The van der Waals surface area contributed by atoms with E-state index in [0.717, 1.165) is 12.5 Å². The molecule has 1 N–H and O–H groups in total. The summed E-state index contributed by atoms with van der Waals surface area (Å²) in [6, 6.07) is 0. The second-order valence-electron chi connectivity index (χ2n) is 6.23. The zero-order chi connectivity index (χ0) is 13.5. The molecular weight excluding hydrogens is 236 g/mol. The van der Waals surface area contributed by atoms with E-state index in [1.165, 1.54) is 71.7 Å². The van der Waals surface area contributed by atoms with Gasteiger partial charge in [0, 0.05) is 39.3 Å². The van der Waals surface area contributed by atoms with Crippen LogP contribution in [0.3, 0.4) is 0 Å². The van der Waals surface area contributed by atoms with Crippen molar-refractivity contribution in [1.29, 1.82) is 0 Å². The summed E-state index contributed by atoms with van der Waals surface area (Å²) in [5.74, 6) is 0.912. The van der Waals surface area contributed by atoms with Gasteiger partial charge in [-0.2, -0.15) is 0 Å². The molecule has 2 heterocycles. The Morgan fingerprint density at radius 2 is 1.63 bits per heavy atom. The van der Waals surface area contributed by atoms with Crippen molar-refractivity contribution < 1.29 is 0 Å². The maximum Gasteiger partial charge on any atom is 0.0110 e. The molecule has 2 saturated heterocycles. The highest BCUT2D eigenvalue weighted by Crippen LogP contribution is 2.15. The predicted molar refractivity (Wildman–Crippen MR) is 81.6 cm³/mol. The maximum absolute atomic E-state index is 3.67. The van der Waals surface area contributed by atoms with Crippen LogP contribution in [-0.4, -0.2) is 87.2 Å². The summed E-state index contributed by atoms with van der Waals surface area (Å²) in [5, 5.41) is 3.67. The molecule has 2 fully saturated rings. The van der Waals surface area contributed by atoms with E-state index in [2.05, 4.69) is 34.0 Å². The summed E-state index contributed by atoms with van der Waals surface area (Å²) < 4.78 is 0. The van der Waals surface area contributed by atoms with Crippen molar-refractivity contribution in [3.8, 4) is 0 Å². The first kappa shape index (κ1) is 15.2. The van der Waals surface area contributed by atoms with E-state index in [1.807, 2.05) is 0 Å². The van der Waals surface area contributed by atoms with Crippen molar-refractivity contribution in [2.24, 2.45) is 5.92 Å². The van der Waals surface area contributed by atoms with Crippen LogP contribution in [-0.2, 0) is 0 Å². The number of hydrogen-bond donors (Lipinski definition) is 1. The Hall–Kier alpha value is -0.160. The highest BCUT2D eigenvalue weighted by Gasteiger charge is 2.17. The zero-order valence-electron chi connectivity index (χ0n) is 12.9. The van der Waals surface area contributed by atoms with Gasteiger partial charge in [-0.15, -0.1) is 0 Å². The minimum Gasteiger partial charge on any atom is -0.315 e. The number of likely N-dealkylation sites (N-methyl/N-ethyl adjacent to an activating group) is 1. The average molecular weight is 268 g/mol. The lowest BCUT2D eigenvalue weighted by molar-refractivity contribution is 0.152. The third-order valence-electron chi connectivity index (χ3n) is 4.79. The fourth-order valence-electron chi connectivity index (χ4n) is 3.12. The van der Waals surface area contributed by atoms with Gasteiger partial charge >= 0.3 is 0 Å². The smallest absolute Gasteiger partial charge is 0.0110 e. The Morgan fingerprint density at radius 1 is 0.947 bits per heavy atom. The average Bonchev–Trinajstić information content (AvgIpc) is 2.46. The highest BCUT2D eigenvalue weighted by atomic mass is 15.2. The van der Waals surface area contributed by atoms with Gasteiger partial charge in [-0.25, -0.2) is 0 Å². The fourth-order valence-corrected chi connectivity index (χ4v) is 3.12. The maximum atomic E-state index is 3.67. The third-order valence-corrected chi connectivity index (χ3v) is 4.79. The molecule has 0 aromatic rings. The first-order chi connectivity index (χ1) is 9.28. The van der Waals surface area contributed by atoms with E-state index in [1.54, 1.807) is 0 Å². The summed E-state index contributed by atoms with van der Waals surface area (Å²) in [7, 11) is 2.22. The van der Waals surface area contributed by atoms with E-state index in [4.69, 9.17) is 0 Å². The lowest BCUT2D eigenvalue weighted by atomic mass is 9.97. The molecule has 0 spiro atoms. The largest absolute Gasteiger partial charge is 0.315 e. The van der Waals surface area contributed by atoms with Crippen LogP contribution in [0.1, 0.15) is 19.8 Å². The summed E-state index contributed by atoms with van der Waals surface area (Å²) in [6.45, 7) is 14.7. The molecule has 0 aromatic carbocycles. The number of likely N-dealkylation sites (tertiary alicyclic amines) is 1. The molecule has 0 radical (unpaired) electrons. The SMILES string of the molecule is CCN1CCC(CNCCN2CCN(C)CC2)CC1. The van der Waals surface area contributed by atoms with Crippen LogP contribution in [0.4, 0.5) is 0 Å². The zero-order valence-corrected chi connectivity index (χ0v) is 12.9. The number of rotatable bonds is 6. The van der Waals surface area contributed by atoms with Crippen molar-refractivity contribution in [2.45, 2.75) is 19.8 Å². The molecule has 0 aliphatic carbocycles. The Kier molecular flexibility index (Phi) is 6.57. The number of hydrogen-bond acceptors (Lipinski definition) is 4. The van der Waals surface area contributed by atoms with Gasteiger partial charge in [0.2, 0.25) is 0 Å². The van der Waals surface area contributed by atoms with Gasteiger partial charge in [-0.05, 0) is 52.0 Å². The molecule has 0 aromatic heterocycles. The lowest BCUT2D eigenvalue weighted by Gasteiger charge is -2.33. The van der Waals surface area contributed by atoms with Crippen molar-refractivity contribution >= 4 is 0 Å². The topological polar surface area (TPSA) is 21.8 Å². The van der Waals surface area contributed by atoms with Crippen LogP contribution in [0.25, 0.3) is 0 Å². The van der Waals surface area contributed by atoms with Gasteiger partial charge in [0.05, 0.1) is 0 Å². The van der Waals surface area contributed by atoms with Gasteiger partial charge in [-0.3, -0.25) is 4.90 Å². The van der Waals surface area contributed by atoms with Crippen LogP contribution < -0.4 is 5.32 Å². The number of nitrogens with one attached hydrogen (secondary N) is 1. The Morgan fingerprint density at radius 3 is 2.26 bits per heavy atom. The number of piperazine rings is 1. The molecule has 2 rings (SSSR count). The van der Waals surface area contributed by atoms with Crippen molar-refractivity contribution in [1.82, 2.24) is 20.0 Å². The minimum atomic E-state index is 0.912. The molecule has 19 heavy (non-hydrogen) atoms. The minimum absolute atomic E-state index is 0.912. The van der Waals surface area contributed by atoms with Gasteiger partial charge in [0.1, 0.15) is 0 Å². The number of piperidine rings is 1. The van der Waals surface area contributed by atoms with Crippen molar-refractivity contribution in [2.75, 3.05) is 72.5 Å². The predicted octanol–water partition coefficient (Wildman–Crippen LogP) is 0.555. The number of nitrogens with zero attached hydrogens (tertiary/aromatic N) is 3. The molecule has 2 aliphatic heterocycles. The Labute approximate surface area is 119 Å². The summed E-state index contributed by atoms with van der Waals surface area (Å²) >= 11 is 0. The molecule has 0 bridgehead atoms. The van der Waals surface area contributed by atoms with E-state index in [-0.39, 0.29) is 0 Å². The fraction of sp³-hybridized carbons (Fsp3) is 1.00. The monoisotopic (exact) mass is 268 g/mol. The van der Waals surface area contributed by atoms with E-state index in [9.17, 15) is 0 Å². The Balaban J connectivity index is 1.48. The molecular formula is C15H32N4. The van der Waals surface area contributed by atoms with Crippen LogP contribution in [0.2, 0.25) is 0 Å². The normalized spacial score (nSPS) is 24.9. The van der Waals surface area contributed by atoms with Gasteiger partial charge in [-0.1, -0.05) is 6.92 Å². The van der Waals surface area contributed by atoms with Gasteiger partial charge in [0.25, 0.3) is 0 Å². The van der Waals surface area contributed by atoms with Crippen molar-refractivity contribution in [3.05, 3.63) is 0 Å². The quantitative estimate of drug-likeness (QED) is 0.710. The van der Waals surface area contributed by atoms with Crippen LogP contribution in [0, 0.1) is 5.92 Å². The van der Waals surface area contributed by atoms with Crippen LogP contribution >= 0.6 is 0 Å². The summed E-state index contributed by atoms with van der Waals surface area (Å²) in [6.07, 6.45) is 2.77. The summed E-state index contributed by atoms with van der Waals surface area (Å²) in [5.41, 5.74) is 0. The Bertz CT molecular complexity index is 230. The van der Waals surface area contributed by atoms with E-state index >= 15 is 0 Å². The second-order valence-corrected chi connectivity index (χ2v) is 6.23. The molecule has 0 amide bonds. The van der Waals surface area contributed by atoms with Gasteiger partial charge < -0.3 is 15.1 Å². The summed E-state index contributed by atoms with van der Waals surface area (Å²) in [4.78, 5) is 7.58. The molecule has 0 saturated carbocycles. The van der Waals surface area contributed by atoms with Gasteiger partial charge in [0.15, 0.2) is 0 Å². The van der Waals surface area contributed by atoms with Crippen LogP contribution in [0.5, 0.6) is 0 Å². The third kappa shape index (κ3) is 5.38. The first-order valence-corrected chi connectivity index (χ1v) is 8.12. The standard InChI is InChI=1S/C15H32N4/c1-3-18-7-4-15(5-8-18)14-16-6-9-19-12-10-17(2)11-13-19/h15-16H,3-14H2,1-2H3. The van der Waals surface area contributed by atoms with E-state index < -0.39 is 0 Å². The first-order valence-electron chi connectivity index (χ1n) is 8.12.